The molecule has 1 aliphatic rings. The van der Waals surface area contributed by atoms with Crippen LogP contribution in [0, 0.1) is 0 Å². The van der Waals surface area contributed by atoms with Crippen molar-refractivity contribution in [1.82, 2.24) is 5.06 Å². The average Bonchev–Trinajstić information content (AvgIpc) is 2.38. The Kier molecular flexibility index (Phi) is 4.11. The van der Waals surface area contributed by atoms with Crippen molar-refractivity contribution >= 4 is 27.4 Å². The first-order chi connectivity index (χ1) is 8.94. The molecule has 1 aliphatic heterocycles. The van der Waals surface area contributed by atoms with Crippen LogP contribution in [0.2, 0.25) is 0 Å². The van der Waals surface area contributed by atoms with Crippen LogP contribution in [0.3, 0.4) is 0 Å². The number of allylic oxidation sites excluding steroid dienone is 1. The van der Waals surface area contributed by atoms with Crippen molar-refractivity contribution in [3.8, 4) is 0 Å². The van der Waals surface area contributed by atoms with Gasteiger partial charge >= 0.3 is 0 Å². The molecule has 1 aromatic carbocycles. The van der Waals surface area contributed by atoms with E-state index in [4.69, 9.17) is 4.84 Å². The first-order valence-corrected chi connectivity index (χ1v) is 7.40. The van der Waals surface area contributed by atoms with E-state index >= 15 is 0 Å². The molecule has 4 heteroatoms. The van der Waals surface area contributed by atoms with Gasteiger partial charge in [-0.05, 0) is 25.0 Å². The Hall–Kier alpha value is -1.13. The van der Waals surface area contributed by atoms with Gasteiger partial charge in [-0.1, -0.05) is 46.3 Å². The van der Waals surface area contributed by atoms with Crippen LogP contribution in [0.1, 0.15) is 32.8 Å². The molecule has 0 saturated heterocycles. The molecule has 0 unspecified atom stereocenters. The highest BCUT2D eigenvalue weighted by Gasteiger charge is 2.35. The Morgan fingerprint density at radius 1 is 1.37 bits per heavy atom. The molecule has 0 spiro atoms. The van der Waals surface area contributed by atoms with Crippen molar-refractivity contribution in [3.63, 3.8) is 0 Å². The Bertz CT molecular complexity index is 508. The second kappa shape index (κ2) is 5.47. The summed E-state index contributed by atoms with van der Waals surface area (Å²) in [5.41, 5.74) is 2.80. The van der Waals surface area contributed by atoms with Gasteiger partial charge in [-0.2, -0.15) is 5.06 Å². The lowest BCUT2D eigenvalue weighted by atomic mass is 9.90. The van der Waals surface area contributed by atoms with Crippen molar-refractivity contribution in [2.75, 3.05) is 5.33 Å². The summed E-state index contributed by atoms with van der Waals surface area (Å²) in [6.07, 6.45) is 0.779. The predicted molar refractivity (Wildman–Crippen MR) is 79.5 cm³/mol. The molecular weight excluding hydrogens is 306 g/mol. The zero-order valence-corrected chi connectivity index (χ0v) is 13.0. The molecule has 0 N–H and O–H groups in total. The number of carbonyl (C=O) groups excluding carboxylic acids is 1. The Labute approximate surface area is 122 Å². The SMILES string of the molecule is CC(=O)N1OC(C)(C)CC(c2ccccc2)=C1CBr. The van der Waals surface area contributed by atoms with Gasteiger partial charge in [0.05, 0.1) is 11.3 Å². The molecule has 0 saturated carbocycles. The van der Waals surface area contributed by atoms with Gasteiger partial charge in [-0.3, -0.25) is 9.63 Å². The molecular formula is C15H18BrNO2. The van der Waals surface area contributed by atoms with Crippen LogP contribution in [0.4, 0.5) is 0 Å². The summed E-state index contributed by atoms with van der Waals surface area (Å²) < 4.78 is 0. The van der Waals surface area contributed by atoms with Crippen molar-refractivity contribution in [2.45, 2.75) is 32.8 Å². The third-order valence-electron chi connectivity index (χ3n) is 3.07. The van der Waals surface area contributed by atoms with Crippen LogP contribution in [0.25, 0.3) is 5.57 Å². The normalized spacial score (nSPS) is 18.6. The summed E-state index contributed by atoms with van der Waals surface area (Å²) in [5, 5.41) is 2.01. The minimum absolute atomic E-state index is 0.101. The van der Waals surface area contributed by atoms with Gasteiger partial charge in [0, 0.05) is 18.7 Å². The van der Waals surface area contributed by atoms with E-state index in [9.17, 15) is 4.79 Å². The van der Waals surface area contributed by atoms with Gasteiger partial charge in [0.25, 0.3) is 0 Å². The minimum Gasteiger partial charge on any atom is -0.273 e. The molecule has 1 amide bonds. The van der Waals surface area contributed by atoms with Crippen molar-refractivity contribution in [2.24, 2.45) is 0 Å². The molecule has 19 heavy (non-hydrogen) atoms. The van der Waals surface area contributed by atoms with Crippen molar-refractivity contribution < 1.29 is 9.63 Å². The van der Waals surface area contributed by atoms with E-state index in [1.165, 1.54) is 12.0 Å². The van der Waals surface area contributed by atoms with E-state index in [0.717, 1.165) is 23.3 Å². The minimum atomic E-state index is -0.386. The lowest BCUT2D eigenvalue weighted by Gasteiger charge is -2.39. The molecule has 3 nitrogen and oxygen atoms in total. The van der Waals surface area contributed by atoms with Crippen LogP contribution < -0.4 is 0 Å². The van der Waals surface area contributed by atoms with Crippen LogP contribution in [0.15, 0.2) is 36.0 Å². The second-order valence-corrected chi connectivity index (χ2v) is 5.83. The molecule has 0 aliphatic carbocycles. The molecule has 0 fully saturated rings. The monoisotopic (exact) mass is 323 g/mol. The smallest absolute Gasteiger partial charge is 0.247 e. The number of carbonyl (C=O) groups is 1. The Morgan fingerprint density at radius 2 is 2.00 bits per heavy atom. The lowest BCUT2D eigenvalue weighted by molar-refractivity contribution is -0.218. The topological polar surface area (TPSA) is 29.5 Å². The summed E-state index contributed by atoms with van der Waals surface area (Å²) in [4.78, 5) is 17.6. The van der Waals surface area contributed by atoms with Gasteiger partial charge in [0.15, 0.2) is 0 Å². The van der Waals surface area contributed by atoms with Crippen LogP contribution in [-0.2, 0) is 9.63 Å². The number of hydrogen-bond acceptors (Lipinski definition) is 2. The quantitative estimate of drug-likeness (QED) is 0.775. The fourth-order valence-corrected chi connectivity index (χ4v) is 2.85. The molecule has 0 aromatic heterocycles. The number of nitrogens with zero attached hydrogens (tertiary/aromatic N) is 1. The van der Waals surface area contributed by atoms with E-state index in [2.05, 4.69) is 28.1 Å². The molecule has 0 radical (unpaired) electrons. The molecule has 2 rings (SSSR count). The Morgan fingerprint density at radius 3 is 2.53 bits per heavy atom. The van der Waals surface area contributed by atoms with E-state index in [-0.39, 0.29) is 11.5 Å². The van der Waals surface area contributed by atoms with Gasteiger partial charge < -0.3 is 0 Å². The van der Waals surface area contributed by atoms with E-state index in [0.29, 0.717) is 5.33 Å². The molecule has 0 atom stereocenters. The fourth-order valence-electron chi connectivity index (χ4n) is 2.28. The standard InChI is InChI=1S/C15H18BrNO2/c1-11(18)17-14(10-16)13(9-15(2,3)19-17)12-7-5-4-6-8-12/h4-8H,9-10H2,1-3H3. The van der Waals surface area contributed by atoms with Gasteiger partial charge in [-0.25, -0.2) is 0 Å². The summed E-state index contributed by atoms with van der Waals surface area (Å²) in [5.74, 6) is -0.101. The number of rotatable bonds is 2. The highest BCUT2D eigenvalue weighted by atomic mass is 79.9. The summed E-state index contributed by atoms with van der Waals surface area (Å²) in [7, 11) is 0. The molecule has 1 aromatic rings. The third-order valence-corrected chi connectivity index (χ3v) is 3.60. The maximum atomic E-state index is 11.8. The first kappa shape index (κ1) is 14.3. The largest absolute Gasteiger partial charge is 0.273 e. The van der Waals surface area contributed by atoms with E-state index in [1.54, 1.807) is 0 Å². The summed E-state index contributed by atoms with van der Waals surface area (Å²) in [6, 6.07) is 10.1. The molecule has 102 valence electrons. The van der Waals surface area contributed by atoms with Crippen molar-refractivity contribution in [3.05, 3.63) is 41.6 Å². The van der Waals surface area contributed by atoms with Gasteiger partial charge in [0.2, 0.25) is 5.91 Å². The summed E-state index contributed by atoms with van der Waals surface area (Å²) >= 11 is 3.46. The number of hydroxylamine groups is 2. The highest BCUT2D eigenvalue weighted by Crippen LogP contribution is 2.38. The predicted octanol–water partition coefficient (Wildman–Crippen LogP) is 3.76. The van der Waals surface area contributed by atoms with Crippen LogP contribution >= 0.6 is 15.9 Å². The van der Waals surface area contributed by atoms with Crippen molar-refractivity contribution in [1.29, 1.82) is 0 Å². The second-order valence-electron chi connectivity index (χ2n) is 5.27. The Balaban J connectivity index is 2.54. The highest BCUT2D eigenvalue weighted by molar-refractivity contribution is 9.09. The van der Waals surface area contributed by atoms with E-state index < -0.39 is 0 Å². The lowest BCUT2D eigenvalue weighted by Crippen LogP contribution is -2.43. The average molecular weight is 324 g/mol. The number of benzene rings is 1. The van der Waals surface area contributed by atoms with E-state index in [1.807, 2.05) is 32.0 Å². The maximum absolute atomic E-state index is 11.8. The number of amides is 1. The number of halogens is 1. The van der Waals surface area contributed by atoms with Gasteiger partial charge in [-0.15, -0.1) is 0 Å². The third kappa shape index (κ3) is 3.07. The zero-order chi connectivity index (χ0) is 14.0. The summed E-state index contributed by atoms with van der Waals surface area (Å²) in [6.45, 7) is 5.51. The maximum Gasteiger partial charge on any atom is 0.247 e. The molecule has 1 heterocycles. The van der Waals surface area contributed by atoms with Crippen LogP contribution in [-0.4, -0.2) is 21.9 Å². The number of hydrogen-bond donors (Lipinski definition) is 0. The van der Waals surface area contributed by atoms with Gasteiger partial charge in [0.1, 0.15) is 0 Å². The molecule has 0 bridgehead atoms. The fraction of sp³-hybridized carbons (Fsp3) is 0.400. The van der Waals surface area contributed by atoms with Crippen LogP contribution in [0.5, 0.6) is 0 Å². The number of alkyl halides is 1. The zero-order valence-electron chi connectivity index (χ0n) is 11.4. The first-order valence-electron chi connectivity index (χ1n) is 6.28.